The molecule has 1 saturated heterocycles. The van der Waals surface area contributed by atoms with Gasteiger partial charge < -0.3 is 19.4 Å². The van der Waals surface area contributed by atoms with E-state index in [0.29, 0.717) is 30.4 Å². The minimum absolute atomic E-state index is 0. The summed E-state index contributed by atoms with van der Waals surface area (Å²) in [6.07, 6.45) is 3.27. The standard InChI is InChI=1S/C27H37N3O3.ClH/c1-5-17-28-18-15-24(16-19-28)30(25-9-8-10-26(20-25)33-21(4)31)23-13-11-22(12-14-23)27(32)29(6-2)7-3;/h8-14,20,24H,5-7,15-19H2,1-4H3;1H. The van der Waals surface area contributed by atoms with Crippen molar-refractivity contribution in [3.63, 3.8) is 0 Å². The Kier molecular flexibility index (Phi) is 10.9. The highest BCUT2D eigenvalue weighted by Crippen LogP contribution is 2.34. The lowest BCUT2D eigenvalue weighted by atomic mass is 10.0. The molecule has 2 aromatic carbocycles. The molecule has 0 atom stereocenters. The number of nitrogens with zero attached hydrogens (tertiary/aromatic N) is 3. The molecule has 7 heteroatoms. The van der Waals surface area contributed by atoms with Crippen molar-refractivity contribution in [2.24, 2.45) is 0 Å². The Balaban J connectivity index is 0.00000408. The lowest BCUT2D eigenvalue weighted by Gasteiger charge is -2.40. The molecular weight excluding hydrogens is 450 g/mol. The maximum absolute atomic E-state index is 12.8. The number of carbonyl (C=O) groups is 2. The van der Waals surface area contributed by atoms with E-state index >= 15 is 0 Å². The molecule has 1 aliphatic rings. The molecule has 6 nitrogen and oxygen atoms in total. The van der Waals surface area contributed by atoms with Crippen LogP contribution in [0.25, 0.3) is 0 Å². The van der Waals surface area contributed by atoms with Crippen molar-refractivity contribution >= 4 is 35.7 Å². The number of anilines is 2. The highest BCUT2D eigenvalue weighted by atomic mass is 35.5. The Morgan fingerprint density at radius 2 is 1.62 bits per heavy atom. The summed E-state index contributed by atoms with van der Waals surface area (Å²) >= 11 is 0. The van der Waals surface area contributed by atoms with E-state index in [1.165, 1.54) is 13.3 Å². The fourth-order valence-electron chi connectivity index (χ4n) is 4.61. The van der Waals surface area contributed by atoms with Crippen molar-refractivity contribution in [1.82, 2.24) is 9.80 Å². The summed E-state index contributed by atoms with van der Waals surface area (Å²) in [4.78, 5) is 30.9. The van der Waals surface area contributed by atoms with Crippen LogP contribution in [0.1, 0.15) is 57.3 Å². The van der Waals surface area contributed by atoms with E-state index < -0.39 is 0 Å². The third-order valence-corrected chi connectivity index (χ3v) is 6.26. The van der Waals surface area contributed by atoms with Crippen molar-refractivity contribution < 1.29 is 14.3 Å². The summed E-state index contributed by atoms with van der Waals surface area (Å²) in [5.41, 5.74) is 2.74. The zero-order valence-corrected chi connectivity index (χ0v) is 21.6. The molecular formula is C27H38ClN3O3. The molecule has 3 rings (SSSR count). The van der Waals surface area contributed by atoms with Crippen LogP contribution in [0.2, 0.25) is 0 Å². The maximum atomic E-state index is 12.8. The number of halogens is 1. The highest BCUT2D eigenvalue weighted by Gasteiger charge is 2.26. The number of hydrogen-bond donors (Lipinski definition) is 0. The molecule has 0 aliphatic carbocycles. The first-order valence-electron chi connectivity index (χ1n) is 12.2. The molecule has 186 valence electrons. The van der Waals surface area contributed by atoms with Gasteiger partial charge in [0.05, 0.1) is 0 Å². The van der Waals surface area contributed by atoms with Gasteiger partial charge >= 0.3 is 5.97 Å². The molecule has 0 saturated carbocycles. The summed E-state index contributed by atoms with van der Waals surface area (Å²) in [7, 11) is 0. The average Bonchev–Trinajstić information content (AvgIpc) is 2.81. The Bertz CT molecular complexity index is 923. The first kappa shape index (κ1) is 27.7. The second-order valence-electron chi connectivity index (χ2n) is 8.56. The minimum Gasteiger partial charge on any atom is -0.427 e. The number of amides is 1. The van der Waals surface area contributed by atoms with E-state index in [1.807, 2.05) is 55.1 Å². The molecule has 0 bridgehead atoms. The van der Waals surface area contributed by atoms with E-state index in [2.05, 4.69) is 22.8 Å². The average molecular weight is 488 g/mol. The number of rotatable bonds is 9. The quantitative estimate of drug-likeness (QED) is 0.344. The van der Waals surface area contributed by atoms with Crippen LogP contribution < -0.4 is 9.64 Å². The summed E-state index contributed by atoms with van der Waals surface area (Å²) in [6, 6.07) is 16.0. The first-order chi connectivity index (χ1) is 16.0. The van der Waals surface area contributed by atoms with Gasteiger partial charge in [-0.25, -0.2) is 0 Å². The SMILES string of the molecule is CCCN1CCC(N(c2ccc(C(=O)N(CC)CC)cc2)c2cccc(OC(C)=O)c2)CC1.Cl. The van der Waals surface area contributed by atoms with E-state index in [0.717, 1.165) is 43.9 Å². The summed E-state index contributed by atoms with van der Waals surface area (Å²) in [5, 5.41) is 0. The van der Waals surface area contributed by atoms with Gasteiger partial charge in [-0.3, -0.25) is 9.59 Å². The molecule has 0 aromatic heterocycles. The zero-order valence-electron chi connectivity index (χ0n) is 20.8. The second kappa shape index (κ2) is 13.4. The summed E-state index contributed by atoms with van der Waals surface area (Å²) < 4.78 is 5.35. The third-order valence-electron chi connectivity index (χ3n) is 6.26. The van der Waals surface area contributed by atoms with Gasteiger partial charge in [-0.05, 0) is 76.1 Å². The van der Waals surface area contributed by atoms with Crippen LogP contribution in [0.4, 0.5) is 11.4 Å². The Morgan fingerprint density at radius 1 is 0.971 bits per heavy atom. The number of likely N-dealkylation sites (tertiary alicyclic amines) is 1. The number of carbonyl (C=O) groups excluding carboxylic acids is 2. The van der Waals surface area contributed by atoms with Gasteiger partial charge in [0.25, 0.3) is 5.91 Å². The molecule has 0 spiro atoms. The minimum atomic E-state index is -0.328. The molecule has 2 aromatic rings. The highest BCUT2D eigenvalue weighted by molar-refractivity contribution is 5.94. The Hall–Kier alpha value is -2.57. The Morgan fingerprint density at radius 3 is 2.18 bits per heavy atom. The normalized spacial score (nSPS) is 14.2. The summed E-state index contributed by atoms with van der Waals surface area (Å²) in [6.45, 7) is 12.3. The van der Waals surface area contributed by atoms with Crippen molar-refractivity contribution in [1.29, 1.82) is 0 Å². The van der Waals surface area contributed by atoms with E-state index in [4.69, 9.17) is 4.74 Å². The lowest BCUT2D eigenvalue weighted by molar-refractivity contribution is -0.131. The van der Waals surface area contributed by atoms with Gasteiger partial charge in [-0.1, -0.05) is 13.0 Å². The number of ether oxygens (including phenoxy) is 1. The third kappa shape index (κ3) is 6.97. The van der Waals surface area contributed by atoms with Crippen molar-refractivity contribution in [2.45, 2.75) is 53.0 Å². The van der Waals surface area contributed by atoms with Crippen LogP contribution in [0, 0.1) is 0 Å². The van der Waals surface area contributed by atoms with Gasteiger partial charge in [0.15, 0.2) is 0 Å². The van der Waals surface area contributed by atoms with Crippen LogP contribution in [-0.4, -0.2) is 60.4 Å². The van der Waals surface area contributed by atoms with Crippen molar-refractivity contribution in [3.05, 3.63) is 54.1 Å². The van der Waals surface area contributed by atoms with Gasteiger partial charge in [0.2, 0.25) is 0 Å². The van der Waals surface area contributed by atoms with Crippen LogP contribution in [0.3, 0.4) is 0 Å². The van der Waals surface area contributed by atoms with Gasteiger partial charge in [-0.15, -0.1) is 12.4 Å². The van der Waals surface area contributed by atoms with E-state index in [9.17, 15) is 9.59 Å². The fourth-order valence-corrected chi connectivity index (χ4v) is 4.61. The molecule has 1 fully saturated rings. The number of benzene rings is 2. The predicted molar refractivity (Wildman–Crippen MR) is 141 cm³/mol. The van der Waals surface area contributed by atoms with E-state index in [1.54, 1.807) is 6.07 Å². The van der Waals surface area contributed by atoms with Crippen molar-refractivity contribution in [2.75, 3.05) is 37.6 Å². The van der Waals surface area contributed by atoms with Crippen LogP contribution in [0.15, 0.2) is 48.5 Å². The molecule has 1 amide bonds. The summed E-state index contributed by atoms with van der Waals surface area (Å²) in [5.74, 6) is 0.274. The molecule has 1 heterocycles. The lowest BCUT2D eigenvalue weighted by Crippen LogP contribution is -2.43. The number of piperidine rings is 1. The molecule has 0 N–H and O–H groups in total. The van der Waals surface area contributed by atoms with Crippen LogP contribution in [-0.2, 0) is 4.79 Å². The van der Waals surface area contributed by atoms with Crippen LogP contribution >= 0.6 is 12.4 Å². The maximum Gasteiger partial charge on any atom is 0.308 e. The van der Waals surface area contributed by atoms with Gasteiger partial charge in [0.1, 0.15) is 5.75 Å². The second-order valence-corrected chi connectivity index (χ2v) is 8.56. The zero-order chi connectivity index (χ0) is 23.8. The Labute approximate surface area is 210 Å². The predicted octanol–water partition coefficient (Wildman–Crippen LogP) is 5.53. The number of hydrogen-bond acceptors (Lipinski definition) is 5. The van der Waals surface area contributed by atoms with Gasteiger partial charge in [-0.2, -0.15) is 0 Å². The largest absolute Gasteiger partial charge is 0.427 e. The number of esters is 1. The van der Waals surface area contributed by atoms with Crippen molar-refractivity contribution in [3.8, 4) is 5.75 Å². The van der Waals surface area contributed by atoms with E-state index in [-0.39, 0.29) is 24.3 Å². The molecule has 0 radical (unpaired) electrons. The first-order valence-corrected chi connectivity index (χ1v) is 12.2. The monoisotopic (exact) mass is 487 g/mol. The van der Waals surface area contributed by atoms with Crippen LogP contribution in [0.5, 0.6) is 5.75 Å². The molecule has 1 aliphatic heterocycles. The fraction of sp³-hybridized carbons (Fsp3) is 0.481. The topological polar surface area (TPSA) is 53.1 Å². The molecule has 34 heavy (non-hydrogen) atoms. The molecule has 0 unspecified atom stereocenters. The smallest absolute Gasteiger partial charge is 0.308 e. The van der Waals surface area contributed by atoms with Gasteiger partial charge in [0, 0.05) is 62.1 Å².